The van der Waals surface area contributed by atoms with Gasteiger partial charge in [0.1, 0.15) is 23.2 Å². The standard InChI is InChI=1S/C45H41N3O2S/c1-2-11-26(12-3-1)43-46-44(48-45(47-43)35-20-9-16-31-29-14-5-7-22-38(29)50-41(31)35)27-23-24-39-36(25-27)34-19-10-18-33(42(34)51-39)32-17-8-15-30-28-13-4-6-21-37(28)49-40(30)32/h1-4,6,9-11,13,16-21,23-26,29,38,43-48H,5,7-8,12,14-15,22H2. The normalized spacial score (nSPS) is 26.9. The van der Waals surface area contributed by atoms with E-state index < -0.39 is 0 Å². The Morgan fingerprint density at radius 1 is 0.765 bits per heavy atom. The van der Waals surface area contributed by atoms with Crippen molar-refractivity contribution in [2.45, 2.75) is 75.5 Å². The smallest absolute Gasteiger partial charge is 0.138 e. The number of nitrogens with one attached hydrogen (secondary N) is 3. The van der Waals surface area contributed by atoms with Gasteiger partial charge in [0.15, 0.2) is 0 Å². The maximum Gasteiger partial charge on any atom is 0.138 e. The summed E-state index contributed by atoms with van der Waals surface area (Å²) in [6.07, 6.45) is 19.7. The van der Waals surface area contributed by atoms with Crippen molar-refractivity contribution in [2.24, 2.45) is 5.92 Å². The number of ether oxygens (including phenoxy) is 1. The van der Waals surface area contributed by atoms with E-state index in [0.29, 0.717) is 17.9 Å². The van der Waals surface area contributed by atoms with Crippen molar-refractivity contribution < 1.29 is 9.15 Å². The molecule has 5 nitrogen and oxygen atoms in total. The summed E-state index contributed by atoms with van der Waals surface area (Å²) in [7, 11) is 0. The fourth-order valence-corrected chi connectivity index (χ4v) is 10.8. The van der Waals surface area contributed by atoms with Gasteiger partial charge < -0.3 is 9.15 Å². The number of furan rings is 1. The summed E-state index contributed by atoms with van der Waals surface area (Å²) >= 11 is 1.89. The first-order valence-electron chi connectivity index (χ1n) is 18.8. The molecule has 2 aromatic heterocycles. The molecule has 254 valence electrons. The van der Waals surface area contributed by atoms with Crippen molar-refractivity contribution in [3.63, 3.8) is 0 Å². The molecule has 6 unspecified atom stereocenters. The summed E-state index contributed by atoms with van der Waals surface area (Å²) in [6.45, 7) is 0. The van der Waals surface area contributed by atoms with E-state index >= 15 is 0 Å². The van der Waals surface area contributed by atoms with Crippen molar-refractivity contribution >= 4 is 48.1 Å². The molecule has 5 aliphatic rings. The zero-order valence-electron chi connectivity index (χ0n) is 28.5. The van der Waals surface area contributed by atoms with Crippen molar-refractivity contribution in [2.75, 3.05) is 0 Å². The van der Waals surface area contributed by atoms with Gasteiger partial charge in [0.2, 0.25) is 0 Å². The Hall–Kier alpha value is -4.46. The molecule has 0 amide bonds. The lowest BCUT2D eigenvalue weighted by Gasteiger charge is -2.42. The Balaban J connectivity index is 0.977. The highest BCUT2D eigenvalue weighted by Crippen LogP contribution is 2.49. The largest absolute Gasteiger partial charge is 0.489 e. The van der Waals surface area contributed by atoms with Gasteiger partial charge in [0.05, 0.1) is 18.5 Å². The van der Waals surface area contributed by atoms with E-state index in [1.165, 1.54) is 78.2 Å². The van der Waals surface area contributed by atoms with Crippen molar-refractivity contribution in [1.82, 2.24) is 16.0 Å². The number of aryl methyl sites for hydroxylation is 1. The Morgan fingerprint density at radius 3 is 2.61 bits per heavy atom. The van der Waals surface area contributed by atoms with Crippen molar-refractivity contribution in [1.29, 1.82) is 0 Å². The molecular weight excluding hydrogens is 647 g/mol. The highest BCUT2D eigenvalue weighted by atomic mass is 32.1. The van der Waals surface area contributed by atoms with E-state index in [9.17, 15) is 0 Å². The minimum Gasteiger partial charge on any atom is -0.489 e. The average Bonchev–Trinajstić information content (AvgIpc) is 3.89. The van der Waals surface area contributed by atoms with Crippen LogP contribution in [0, 0.1) is 5.92 Å². The monoisotopic (exact) mass is 687 g/mol. The van der Waals surface area contributed by atoms with Crippen LogP contribution in [0.5, 0.6) is 5.75 Å². The van der Waals surface area contributed by atoms with E-state index in [1.807, 2.05) is 11.3 Å². The van der Waals surface area contributed by atoms with Gasteiger partial charge in [0, 0.05) is 65.2 Å². The molecule has 51 heavy (non-hydrogen) atoms. The number of hydrogen-bond donors (Lipinski definition) is 3. The molecule has 6 aromatic rings. The number of thiophene rings is 1. The van der Waals surface area contributed by atoms with Crippen LogP contribution in [0.2, 0.25) is 0 Å². The fourth-order valence-electron chi connectivity index (χ4n) is 9.57. The second-order valence-corrected chi connectivity index (χ2v) is 16.0. The first-order valence-corrected chi connectivity index (χ1v) is 19.7. The molecule has 11 rings (SSSR count). The van der Waals surface area contributed by atoms with E-state index in [1.54, 1.807) is 0 Å². The van der Waals surface area contributed by atoms with Gasteiger partial charge >= 0.3 is 0 Å². The quantitative estimate of drug-likeness (QED) is 0.172. The number of benzene rings is 4. The van der Waals surface area contributed by atoms with Gasteiger partial charge in [-0.2, -0.15) is 0 Å². The first kappa shape index (κ1) is 30.2. The molecule has 6 heteroatoms. The number of allylic oxidation sites excluding steroid dienone is 4. The topological polar surface area (TPSA) is 58.5 Å². The summed E-state index contributed by atoms with van der Waals surface area (Å²) in [6, 6.07) is 29.1. The highest BCUT2D eigenvalue weighted by Gasteiger charge is 2.40. The Labute approximate surface area is 302 Å². The molecule has 0 spiro atoms. The third-order valence-corrected chi connectivity index (χ3v) is 13.3. The van der Waals surface area contributed by atoms with Crippen molar-refractivity contribution in [3.8, 4) is 5.75 Å². The second kappa shape index (κ2) is 12.1. The van der Waals surface area contributed by atoms with Gasteiger partial charge in [-0.05, 0) is 62.3 Å². The molecule has 4 heterocycles. The summed E-state index contributed by atoms with van der Waals surface area (Å²) in [4.78, 5) is 0. The first-order chi connectivity index (χ1) is 25.3. The van der Waals surface area contributed by atoms with Crippen LogP contribution in [0.1, 0.15) is 90.4 Å². The summed E-state index contributed by atoms with van der Waals surface area (Å²) in [5, 5.41) is 15.8. The summed E-state index contributed by atoms with van der Waals surface area (Å²) in [5.41, 5.74) is 8.69. The van der Waals surface area contributed by atoms with Crippen LogP contribution in [0.25, 0.3) is 36.7 Å². The highest BCUT2D eigenvalue weighted by molar-refractivity contribution is 7.26. The van der Waals surface area contributed by atoms with Gasteiger partial charge in [-0.3, -0.25) is 16.0 Å². The van der Waals surface area contributed by atoms with Gasteiger partial charge in [0.25, 0.3) is 0 Å². The molecule has 0 bridgehead atoms. The second-order valence-electron chi connectivity index (χ2n) is 15.0. The maximum absolute atomic E-state index is 6.78. The van der Waals surface area contributed by atoms with Crippen LogP contribution in [0.4, 0.5) is 0 Å². The van der Waals surface area contributed by atoms with Gasteiger partial charge in [-0.1, -0.05) is 97.5 Å². The Morgan fingerprint density at radius 2 is 1.65 bits per heavy atom. The SMILES string of the molecule is C1=CCC(C2NC(c3ccc4sc5c(C6=CCCc7c6oc6ccccc76)cccc5c4c3)NC(c3cccc4c3OC3CCCCC43)N2)C=C1. The average molecular weight is 688 g/mol. The number of para-hydroxylation sites is 2. The molecule has 2 aliphatic heterocycles. The maximum atomic E-state index is 6.78. The molecule has 6 atom stereocenters. The van der Waals surface area contributed by atoms with E-state index in [2.05, 4.69) is 125 Å². The predicted molar refractivity (Wildman–Crippen MR) is 208 cm³/mol. The predicted octanol–water partition coefficient (Wildman–Crippen LogP) is 10.5. The lowest BCUT2D eigenvalue weighted by atomic mass is 9.83. The van der Waals surface area contributed by atoms with Crippen LogP contribution in [0.15, 0.2) is 114 Å². The third-order valence-electron chi connectivity index (χ3n) is 12.1. The molecule has 4 aromatic carbocycles. The van der Waals surface area contributed by atoms with E-state index in [-0.39, 0.29) is 18.5 Å². The van der Waals surface area contributed by atoms with Gasteiger partial charge in [-0.15, -0.1) is 11.3 Å². The number of fused-ring (bicyclic) bond motifs is 9. The summed E-state index contributed by atoms with van der Waals surface area (Å²) in [5.74, 6) is 3.02. The molecule has 0 radical (unpaired) electrons. The molecule has 3 aliphatic carbocycles. The molecule has 1 saturated carbocycles. The lowest BCUT2D eigenvalue weighted by Crippen LogP contribution is -2.61. The Bertz CT molecular complexity index is 2430. The lowest BCUT2D eigenvalue weighted by molar-refractivity contribution is 0.150. The Kier molecular flexibility index (Phi) is 7.14. The van der Waals surface area contributed by atoms with Gasteiger partial charge in [-0.25, -0.2) is 0 Å². The van der Waals surface area contributed by atoms with Crippen LogP contribution >= 0.6 is 11.3 Å². The number of rotatable bonds is 4. The number of hydrogen-bond acceptors (Lipinski definition) is 6. The third kappa shape index (κ3) is 4.91. The molecule has 2 fully saturated rings. The molecule has 3 N–H and O–H groups in total. The molecule has 1 saturated heterocycles. The zero-order chi connectivity index (χ0) is 33.5. The van der Waals surface area contributed by atoms with Crippen LogP contribution in [0.3, 0.4) is 0 Å². The van der Waals surface area contributed by atoms with E-state index in [0.717, 1.165) is 42.8 Å². The van der Waals surface area contributed by atoms with Crippen LogP contribution in [-0.2, 0) is 6.42 Å². The fraction of sp³-hybridized carbons (Fsp3) is 0.289. The van der Waals surface area contributed by atoms with Crippen molar-refractivity contribution in [3.05, 3.63) is 143 Å². The summed E-state index contributed by atoms with van der Waals surface area (Å²) < 4.78 is 15.9. The van der Waals surface area contributed by atoms with Crippen LogP contribution < -0.4 is 20.7 Å². The molecular formula is C45H41N3O2S. The van der Waals surface area contributed by atoms with Crippen LogP contribution in [-0.4, -0.2) is 12.3 Å². The van der Waals surface area contributed by atoms with E-state index in [4.69, 9.17) is 9.15 Å². The minimum atomic E-state index is -0.0478. The minimum absolute atomic E-state index is 0.0400. The zero-order valence-corrected chi connectivity index (χ0v) is 29.3.